The molecule has 0 spiro atoms. The lowest BCUT2D eigenvalue weighted by Gasteiger charge is -2.31. The third kappa shape index (κ3) is 17.1. The van der Waals surface area contributed by atoms with Gasteiger partial charge in [-0.05, 0) is 137 Å². The molecular formula is C44H63F3O8S. The topological polar surface area (TPSA) is 95.5 Å². The van der Waals surface area contributed by atoms with Crippen molar-refractivity contribution in [3.63, 3.8) is 0 Å². The lowest BCUT2D eigenvalue weighted by Crippen LogP contribution is -2.37. The Kier molecular flexibility index (Phi) is 14.9. The van der Waals surface area contributed by atoms with Crippen molar-refractivity contribution in [2.75, 3.05) is 0 Å². The van der Waals surface area contributed by atoms with E-state index in [0.717, 1.165) is 14.7 Å². The number of benzene rings is 3. The molecule has 12 heteroatoms. The van der Waals surface area contributed by atoms with E-state index in [-0.39, 0.29) is 0 Å². The summed E-state index contributed by atoms with van der Waals surface area (Å²) in [4.78, 5) is 11.6. The molecule has 0 heterocycles. The summed E-state index contributed by atoms with van der Waals surface area (Å²) >= 11 is 0. The number of carbonyl (C=O) groups excluding carboxylic acids is 1. The molecule has 3 rings (SSSR count). The number of rotatable bonds is 9. The van der Waals surface area contributed by atoms with Crippen molar-refractivity contribution in [3.8, 4) is 34.5 Å². The van der Waals surface area contributed by atoms with Crippen LogP contribution in [-0.2, 0) is 15.7 Å². The molecule has 0 aliphatic carbocycles. The normalized spacial score (nSPS) is 13.0. The molecule has 0 amide bonds. The van der Waals surface area contributed by atoms with Crippen molar-refractivity contribution in [1.29, 1.82) is 0 Å². The van der Waals surface area contributed by atoms with Crippen LogP contribution in [0.2, 0.25) is 0 Å². The van der Waals surface area contributed by atoms with Gasteiger partial charge in [0.2, 0.25) is 0 Å². The summed E-state index contributed by atoms with van der Waals surface area (Å²) in [6.07, 6.45) is -5.19. The standard InChI is InChI=1S/C42H63O6S.C2HF3O2/c1-37(2,3)43-28-24-31(45-39(7,8)9)35(32(25-28)46-40(10,11)12)49(30-22-20-19-21-23-30)36-33(47-41(13,14)15)26-29(44-38(4,5)6)27-34(36)48-42(16,17)18;3-2(4,5)1(6)7/h19-27H,1-18H3;(H,6,7)/q+1;/p-1. The molecule has 3 aromatic carbocycles. The van der Waals surface area contributed by atoms with Crippen LogP contribution < -0.4 is 33.5 Å². The molecule has 0 saturated carbocycles. The van der Waals surface area contributed by atoms with Crippen molar-refractivity contribution < 1.29 is 51.5 Å². The van der Waals surface area contributed by atoms with E-state index in [1.54, 1.807) is 0 Å². The number of carboxylic acids is 1. The highest BCUT2D eigenvalue weighted by Crippen LogP contribution is 2.53. The second kappa shape index (κ2) is 17.3. The van der Waals surface area contributed by atoms with E-state index < -0.39 is 56.6 Å². The van der Waals surface area contributed by atoms with E-state index >= 15 is 0 Å². The maximum absolute atomic E-state index is 10.5. The number of hydrogen-bond donors (Lipinski definition) is 0. The van der Waals surface area contributed by atoms with Crippen molar-refractivity contribution >= 4 is 16.9 Å². The van der Waals surface area contributed by atoms with Gasteiger partial charge >= 0.3 is 6.18 Å². The molecule has 0 N–H and O–H groups in total. The molecule has 56 heavy (non-hydrogen) atoms. The van der Waals surface area contributed by atoms with Crippen LogP contribution in [-0.4, -0.2) is 45.8 Å². The summed E-state index contributed by atoms with van der Waals surface area (Å²) in [7, 11) is -0.874. The first-order chi connectivity index (χ1) is 24.9. The molecule has 3 aromatic rings. The van der Waals surface area contributed by atoms with Gasteiger partial charge < -0.3 is 38.3 Å². The Morgan fingerprint density at radius 1 is 0.464 bits per heavy atom. The van der Waals surface area contributed by atoms with Crippen LogP contribution >= 0.6 is 0 Å². The van der Waals surface area contributed by atoms with Crippen LogP contribution in [0.4, 0.5) is 13.2 Å². The van der Waals surface area contributed by atoms with Crippen LogP contribution in [0.25, 0.3) is 0 Å². The van der Waals surface area contributed by atoms with Crippen molar-refractivity contribution in [2.45, 2.75) is 179 Å². The average molecular weight is 809 g/mol. The number of carbonyl (C=O) groups is 1. The van der Waals surface area contributed by atoms with Gasteiger partial charge in [-0.25, -0.2) is 0 Å². The quantitative estimate of drug-likeness (QED) is 0.197. The van der Waals surface area contributed by atoms with Crippen LogP contribution in [0.15, 0.2) is 69.3 Å². The maximum Gasteiger partial charge on any atom is 0.430 e. The molecule has 0 atom stereocenters. The molecule has 0 fully saturated rings. The fraction of sp³-hybridized carbons (Fsp3) is 0.568. The fourth-order valence-corrected chi connectivity index (χ4v) is 7.16. The number of ether oxygens (including phenoxy) is 6. The monoisotopic (exact) mass is 808 g/mol. The van der Waals surface area contributed by atoms with E-state index in [0.29, 0.717) is 34.5 Å². The molecule has 0 aromatic heterocycles. The Labute approximate surface area is 335 Å². The van der Waals surface area contributed by atoms with E-state index in [1.807, 2.05) is 71.9 Å². The first kappa shape index (κ1) is 48.2. The molecule has 0 unspecified atom stereocenters. The Hall–Kier alpha value is -3.93. The SMILES string of the molecule is CC(C)(C)Oc1cc(OC(C)(C)C)c([S+](c2ccccc2)c2c(OC(C)(C)C)cc(OC(C)(C)C)cc2OC(C)(C)C)c(OC(C)(C)C)c1.O=C([O-])C(F)(F)F. The summed E-state index contributed by atoms with van der Waals surface area (Å²) in [5, 5.41) is 8.78. The zero-order valence-corrected chi connectivity index (χ0v) is 37.3. The van der Waals surface area contributed by atoms with Gasteiger partial charge in [0.05, 0.1) is 0 Å². The second-order valence-corrected chi connectivity index (χ2v) is 21.1. The molecular weight excluding hydrogens is 746 g/mol. The smallest absolute Gasteiger partial charge is 0.430 e. The number of halogens is 3. The third-order valence-electron chi connectivity index (χ3n) is 6.12. The molecule has 0 aliphatic heterocycles. The predicted octanol–water partition coefficient (Wildman–Crippen LogP) is 11.1. The summed E-state index contributed by atoms with van der Waals surface area (Å²) in [5.74, 6) is 0.985. The molecule has 8 nitrogen and oxygen atoms in total. The van der Waals surface area contributed by atoms with Crippen molar-refractivity contribution in [3.05, 3.63) is 54.6 Å². The van der Waals surface area contributed by atoms with Crippen LogP contribution in [0.3, 0.4) is 0 Å². The summed E-state index contributed by atoms with van der Waals surface area (Å²) in [6.45, 7) is 36.9. The minimum Gasteiger partial charge on any atom is -0.542 e. The van der Waals surface area contributed by atoms with E-state index in [4.69, 9.17) is 38.3 Å². The number of alkyl halides is 3. The van der Waals surface area contributed by atoms with Gasteiger partial charge in [-0.1, -0.05) is 18.2 Å². The molecule has 0 saturated heterocycles. The Morgan fingerprint density at radius 3 is 0.893 bits per heavy atom. The maximum atomic E-state index is 10.5. The Balaban J connectivity index is 0.00000141. The predicted molar refractivity (Wildman–Crippen MR) is 215 cm³/mol. The minimum absolute atomic E-state index is 0.440. The van der Waals surface area contributed by atoms with Gasteiger partial charge in [-0.15, -0.1) is 0 Å². The largest absolute Gasteiger partial charge is 0.542 e. The van der Waals surface area contributed by atoms with Gasteiger partial charge in [-0.3, -0.25) is 0 Å². The number of carboxylic acid groups (broad SMARTS) is 1. The first-order valence-corrected chi connectivity index (χ1v) is 19.7. The summed E-state index contributed by atoms with van der Waals surface area (Å²) in [6, 6.07) is 18.4. The zero-order valence-electron chi connectivity index (χ0n) is 36.5. The molecule has 0 bridgehead atoms. The first-order valence-electron chi connectivity index (χ1n) is 18.5. The minimum atomic E-state index is -5.19. The Bertz CT molecular complexity index is 1590. The molecule has 0 aliphatic rings. The van der Waals surface area contributed by atoms with E-state index in [9.17, 15) is 13.2 Å². The van der Waals surface area contributed by atoms with Gasteiger partial charge in [0.25, 0.3) is 9.79 Å². The highest BCUT2D eigenvalue weighted by Gasteiger charge is 2.45. The zero-order chi connectivity index (χ0) is 43.5. The highest BCUT2D eigenvalue weighted by atomic mass is 32.2. The summed E-state index contributed by atoms with van der Waals surface area (Å²) in [5.41, 5.74) is -2.99. The fourth-order valence-electron chi connectivity index (χ4n) is 4.85. The third-order valence-corrected chi connectivity index (χ3v) is 8.48. The van der Waals surface area contributed by atoms with E-state index in [1.165, 1.54) is 0 Å². The highest BCUT2D eigenvalue weighted by molar-refractivity contribution is 7.97. The van der Waals surface area contributed by atoms with Crippen molar-refractivity contribution in [1.82, 2.24) is 0 Å². The van der Waals surface area contributed by atoms with Crippen molar-refractivity contribution in [2.24, 2.45) is 0 Å². The van der Waals surface area contributed by atoms with Crippen LogP contribution in [0.5, 0.6) is 34.5 Å². The van der Waals surface area contributed by atoms with Crippen LogP contribution in [0, 0.1) is 0 Å². The average Bonchev–Trinajstić information content (AvgIpc) is 2.90. The number of hydrogen-bond acceptors (Lipinski definition) is 8. The van der Waals surface area contributed by atoms with Gasteiger partial charge in [0.1, 0.15) is 62.0 Å². The lowest BCUT2D eigenvalue weighted by molar-refractivity contribution is -0.344. The molecule has 314 valence electrons. The second-order valence-electron chi connectivity index (χ2n) is 19.2. The van der Waals surface area contributed by atoms with Gasteiger partial charge in [0.15, 0.2) is 27.9 Å². The van der Waals surface area contributed by atoms with Gasteiger partial charge in [-0.2, -0.15) is 13.2 Å². The molecule has 0 radical (unpaired) electrons. The summed E-state index contributed by atoms with van der Waals surface area (Å²) < 4.78 is 72.0. The van der Waals surface area contributed by atoms with E-state index in [2.05, 4.69) is 107 Å². The van der Waals surface area contributed by atoms with Gasteiger partial charge in [0, 0.05) is 24.3 Å². The number of aliphatic carboxylic acids is 1. The van der Waals surface area contributed by atoms with Crippen LogP contribution in [0.1, 0.15) is 125 Å². The Morgan fingerprint density at radius 2 is 0.696 bits per heavy atom. The lowest BCUT2D eigenvalue weighted by atomic mass is 10.1.